The van der Waals surface area contributed by atoms with Crippen molar-refractivity contribution < 1.29 is 5.11 Å². The molecule has 2 heteroatoms. The number of nitrogens with zero attached hydrogens (tertiary/aromatic N) is 1. The Bertz CT molecular complexity index is 392. The fourth-order valence-electron chi connectivity index (χ4n) is 2.51. The van der Waals surface area contributed by atoms with Gasteiger partial charge in [-0.2, -0.15) is 0 Å². The summed E-state index contributed by atoms with van der Waals surface area (Å²) in [7, 11) is 0. The molecule has 0 amide bonds. The second-order valence-corrected chi connectivity index (χ2v) is 5.76. The Morgan fingerprint density at radius 2 is 1.88 bits per heavy atom. The molecule has 0 saturated carbocycles. The van der Waals surface area contributed by atoms with Crippen LogP contribution in [0.25, 0.3) is 0 Å². The lowest BCUT2D eigenvalue weighted by Gasteiger charge is -2.30. The summed E-state index contributed by atoms with van der Waals surface area (Å²) < 4.78 is 0. The summed E-state index contributed by atoms with van der Waals surface area (Å²) in [6.45, 7) is 8.83. The number of rotatable bonds is 3. The van der Waals surface area contributed by atoms with Crippen LogP contribution in [0.1, 0.15) is 37.8 Å². The van der Waals surface area contributed by atoms with Crippen molar-refractivity contribution in [3.05, 3.63) is 29.3 Å². The van der Waals surface area contributed by atoms with E-state index in [-0.39, 0.29) is 12.0 Å². The van der Waals surface area contributed by atoms with Gasteiger partial charge < -0.3 is 10.0 Å². The Hall–Kier alpha value is -1.02. The average molecular weight is 233 g/mol. The molecule has 0 atom stereocenters. The topological polar surface area (TPSA) is 23.5 Å². The lowest BCUT2D eigenvalue weighted by atomic mass is 9.83. The first-order chi connectivity index (χ1) is 8.04. The third-order valence-electron chi connectivity index (χ3n) is 3.72. The van der Waals surface area contributed by atoms with Crippen LogP contribution in [0.15, 0.2) is 18.2 Å². The van der Waals surface area contributed by atoms with Gasteiger partial charge in [0.1, 0.15) is 0 Å². The molecule has 0 unspecified atom stereocenters. The zero-order chi connectivity index (χ0) is 12.5. The smallest absolute Gasteiger partial charge is 0.0523 e. The third kappa shape index (κ3) is 2.47. The van der Waals surface area contributed by atoms with E-state index in [1.165, 1.54) is 29.7 Å². The maximum atomic E-state index is 9.59. The maximum absolute atomic E-state index is 9.59. The summed E-state index contributed by atoms with van der Waals surface area (Å²) in [5.74, 6) is 0. The monoisotopic (exact) mass is 233 g/mol. The highest BCUT2D eigenvalue weighted by Crippen LogP contribution is 2.34. The zero-order valence-corrected chi connectivity index (χ0v) is 11.2. The highest BCUT2D eigenvalue weighted by molar-refractivity contribution is 5.58. The molecule has 1 aliphatic heterocycles. The van der Waals surface area contributed by atoms with Gasteiger partial charge in [-0.25, -0.2) is 0 Å². The Kier molecular flexibility index (Phi) is 3.43. The molecule has 2 nitrogen and oxygen atoms in total. The molecule has 94 valence electrons. The van der Waals surface area contributed by atoms with Crippen molar-refractivity contribution in [3.8, 4) is 0 Å². The Morgan fingerprint density at radius 1 is 1.24 bits per heavy atom. The van der Waals surface area contributed by atoms with Crippen LogP contribution in [0, 0.1) is 6.92 Å². The minimum Gasteiger partial charge on any atom is -0.395 e. The highest BCUT2D eigenvalue weighted by Gasteiger charge is 2.26. The van der Waals surface area contributed by atoms with Crippen molar-refractivity contribution in [2.24, 2.45) is 0 Å². The van der Waals surface area contributed by atoms with Gasteiger partial charge in [-0.05, 0) is 31.4 Å². The molecule has 0 aromatic heterocycles. The fourth-order valence-corrected chi connectivity index (χ4v) is 2.51. The first-order valence-corrected chi connectivity index (χ1v) is 6.51. The summed E-state index contributed by atoms with van der Waals surface area (Å²) in [4.78, 5) is 2.45. The van der Waals surface area contributed by atoms with Crippen LogP contribution >= 0.6 is 0 Å². The molecular formula is C15H23NO. The molecule has 2 rings (SSSR count). The van der Waals surface area contributed by atoms with Crippen LogP contribution < -0.4 is 4.90 Å². The minimum absolute atomic E-state index is 0.163. The Labute approximate surface area is 104 Å². The molecule has 17 heavy (non-hydrogen) atoms. The number of aliphatic hydroxyl groups is 1. The van der Waals surface area contributed by atoms with Crippen molar-refractivity contribution in [2.75, 3.05) is 24.6 Å². The predicted molar refractivity (Wildman–Crippen MR) is 72.7 cm³/mol. The van der Waals surface area contributed by atoms with Gasteiger partial charge in [-0.1, -0.05) is 31.5 Å². The average Bonchev–Trinajstić information content (AvgIpc) is 2.82. The summed E-state index contributed by atoms with van der Waals surface area (Å²) in [5, 5.41) is 9.59. The highest BCUT2D eigenvalue weighted by atomic mass is 16.3. The predicted octanol–water partition coefficient (Wildman–Crippen LogP) is 2.87. The lowest BCUT2D eigenvalue weighted by Crippen LogP contribution is -2.28. The van der Waals surface area contributed by atoms with Crippen molar-refractivity contribution >= 4 is 5.69 Å². The molecule has 1 aromatic rings. The van der Waals surface area contributed by atoms with E-state index in [1.807, 2.05) is 0 Å². The van der Waals surface area contributed by atoms with E-state index in [9.17, 15) is 5.11 Å². The van der Waals surface area contributed by atoms with E-state index in [2.05, 4.69) is 43.9 Å². The van der Waals surface area contributed by atoms with Gasteiger partial charge in [0.15, 0.2) is 0 Å². The molecule has 1 saturated heterocycles. The normalized spacial score (nSPS) is 16.6. The van der Waals surface area contributed by atoms with Gasteiger partial charge in [0.25, 0.3) is 0 Å². The second kappa shape index (κ2) is 4.69. The minimum atomic E-state index is -0.163. The van der Waals surface area contributed by atoms with Gasteiger partial charge in [0.05, 0.1) is 6.61 Å². The van der Waals surface area contributed by atoms with Crippen molar-refractivity contribution in [3.63, 3.8) is 0 Å². The number of aryl methyl sites for hydroxylation is 1. The maximum Gasteiger partial charge on any atom is 0.0523 e. The summed E-state index contributed by atoms with van der Waals surface area (Å²) in [6, 6.07) is 6.61. The van der Waals surface area contributed by atoms with Crippen molar-refractivity contribution in [1.29, 1.82) is 0 Å². The van der Waals surface area contributed by atoms with E-state index in [0.29, 0.717) is 0 Å². The SMILES string of the molecule is Cc1ccc(N2CCCC2)c(C(C)(C)CO)c1. The van der Waals surface area contributed by atoms with Crippen LogP contribution in [0.4, 0.5) is 5.69 Å². The molecule has 1 N–H and O–H groups in total. The van der Waals surface area contributed by atoms with E-state index < -0.39 is 0 Å². The number of benzene rings is 1. The molecule has 1 aromatic carbocycles. The molecule has 1 heterocycles. The van der Waals surface area contributed by atoms with Crippen LogP contribution in [-0.2, 0) is 5.41 Å². The van der Waals surface area contributed by atoms with Crippen LogP contribution in [0.2, 0.25) is 0 Å². The van der Waals surface area contributed by atoms with E-state index in [0.717, 1.165) is 13.1 Å². The van der Waals surface area contributed by atoms with Crippen LogP contribution in [0.5, 0.6) is 0 Å². The lowest BCUT2D eigenvalue weighted by molar-refractivity contribution is 0.218. The Morgan fingerprint density at radius 3 is 2.47 bits per heavy atom. The standard InChI is InChI=1S/C15H23NO/c1-12-6-7-14(16-8-4-5-9-16)13(10-12)15(2,3)11-17/h6-7,10,17H,4-5,8-9,11H2,1-3H3. The van der Waals surface area contributed by atoms with E-state index in [1.54, 1.807) is 0 Å². The van der Waals surface area contributed by atoms with E-state index >= 15 is 0 Å². The van der Waals surface area contributed by atoms with Crippen LogP contribution in [0.3, 0.4) is 0 Å². The van der Waals surface area contributed by atoms with Gasteiger partial charge in [0.2, 0.25) is 0 Å². The second-order valence-electron chi connectivity index (χ2n) is 5.76. The summed E-state index contributed by atoms with van der Waals surface area (Å²) in [5.41, 5.74) is 3.70. The van der Waals surface area contributed by atoms with Gasteiger partial charge in [-0.3, -0.25) is 0 Å². The quantitative estimate of drug-likeness (QED) is 0.867. The number of aliphatic hydroxyl groups excluding tert-OH is 1. The molecule has 0 spiro atoms. The number of hydrogen-bond acceptors (Lipinski definition) is 2. The molecular weight excluding hydrogens is 210 g/mol. The molecule has 1 fully saturated rings. The number of hydrogen-bond donors (Lipinski definition) is 1. The number of anilines is 1. The molecule has 0 bridgehead atoms. The summed E-state index contributed by atoms with van der Waals surface area (Å²) >= 11 is 0. The first-order valence-electron chi connectivity index (χ1n) is 6.51. The van der Waals surface area contributed by atoms with Crippen molar-refractivity contribution in [2.45, 2.75) is 39.0 Å². The third-order valence-corrected chi connectivity index (χ3v) is 3.72. The van der Waals surface area contributed by atoms with Gasteiger partial charge in [0, 0.05) is 24.2 Å². The molecule has 0 radical (unpaired) electrons. The first kappa shape index (κ1) is 12.4. The van der Waals surface area contributed by atoms with Crippen LogP contribution in [-0.4, -0.2) is 24.8 Å². The van der Waals surface area contributed by atoms with E-state index in [4.69, 9.17) is 0 Å². The van der Waals surface area contributed by atoms with Gasteiger partial charge >= 0.3 is 0 Å². The van der Waals surface area contributed by atoms with Gasteiger partial charge in [-0.15, -0.1) is 0 Å². The Balaban J connectivity index is 2.43. The fraction of sp³-hybridized carbons (Fsp3) is 0.600. The molecule has 0 aliphatic carbocycles. The summed E-state index contributed by atoms with van der Waals surface area (Å²) in [6.07, 6.45) is 2.57. The van der Waals surface area contributed by atoms with Crippen molar-refractivity contribution in [1.82, 2.24) is 0 Å². The molecule has 1 aliphatic rings. The zero-order valence-electron chi connectivity index (χ0n) is 11.2. The largest absolute Gasteiger partial charge is 0.395 e.